The summed E-state index contributed by atoms with van der Waals surface area (Å²) in [5.74, 6) is -0.997. The fraction of sp³-hybridized carbons (Fsp3) is 0.190. The highest BCUT2D eigenvalue weighted by molar-refractivity contribution is 6.04. The van der Waals surface area contributed by atoms with Gasteiger partial charge in [-0.25, -0.2) is 14.4 Å². The summed E-state index contributed by atoms with van der Waals surface area (Å²) >= 11 is 0. The van der Waals surface area contributed by atoms with Crippen molar-refractivity contribution in [2.45, 2.75) is 13.0 Å². The Morgan fingerprint density at radius 3 is 2.29 bits per heavy atom. The Balaban J connectivity index is 2.10. The zero-order valence-corrected chi connectivity index (χ0v) is 15.5. The van der Waals surface area contributed by atoms with Gasteiger partial charge in [0.15, 0.2) is 0 Å². The van der Waals surface area contributed by atoms with Crippen molar-refractivity contribution in [2.75, 3.05) is 13.7 Å². The number of rotatable bonds is 5. The van der Waals surface area contributed by atoms with Gasteiger partial charge in [0.2, 0.25) is 0 Å². The van der Waals surface area contributed by atoms with E-state index in [0.717, 1.165) is 0 Å². The third-order valence-electron chi connectivity index (χ3n) is 4.29. The molecular weight excluding hydrogens is 360 g/mol. The van der Waals surface area contributed by atoms with Gasteiger partial charge in [0.1, 0.15) is 0 Å². The van der Waals surface area contributed by atoms with Crippen molar-refractivity contribution >= 4 is 23.7 Å². The monoisotopic (exact) mass is 380 g/mol. The Kier molecular flexibility index (Phi) is 5.74. The Morgan fingerprint density at radius 1 is 1.00 bits per heavy atom. The van der Waals surface area contributed by atoms with E-state index in [2.05, 4.69) is 10.6 Å². The maximum absolute atomic E-state index is 12.7. The molecule has 0 saturated carbocycles. The van der Waals surface area contributed by atoms with Crippen LogP contribution in [0.5, 0.6) is 0 Å². The van der Waals surface area contributed by atoms with Crippen LogP contribution in [0, 0.1) is 0 Å². The molecule has 2 aromatic rings. The third kappa shape index (κ3) is 3.88. The van der Waals surface area contributed by atoms with Gasteiger partial charge in [-0.05, 0) is 30.2 Å². The van der Waals surface area contributed by atoms with E-state index < -0.39 is 24.0 Å². The zero-order valence-electron chi connectivity index (χ0n) is 15.5. The summed E-state index contributed by atoms with van der Waals surface area (Å²) in [4.78, 5) is 36.7. The molecule has 0 fully saturated rings. The standard InChI is InChI=1S/C21H20N2O5/c1-3-28-20(25)16-17(13-7-5-4-6-8-13)22-21(26)23-18(16)14-9-11-15(12-10-14)19(24)27-2/h4-12,18H,3H2,1-2H3,(H2,22,23,26). The smallest absolute Gasteiger partial charge is 0.338 e. The predicted octanol–water partition coefficient (Wildman–Crippen LogP) is 2.80. The van der Waals surface area contributed by atoms with E-state index in [1.54, 1.807) is 43.3 Å². The van der Waals surface area contributed by atoms with Crippen LogP contribution in [-0.4, -0.2) is 31.7 Å². The fourth-order valence-electron chi connectivity index (χ4n) is 3.01. The molecule has 0 radical (unpaired) electrons. The van der Waals surface area contributed by atoms with Crippen molar-refractivity contribution in [3.05, 3.63) is 76.9 Å². The van der Waals surface area contributed by atoms with Crippen molar-refractivity contribution in [3.63, 3.8) is 0 Å². The highest BCUT2D eigenvalue weighted by Crippen LogP contribution is 2.32. The van der Waals surface area contributed by atoms with Gasteiger partial charge in [0.25, 0.3) is 0 Å². The van der Waals surface area contributed by atoms with Crippen molar-refractivity contribution in [3.8, 4) is 0 Å². The van der Waals surface area contributed by atoms with E-state index >= 15 is 0 Å². The average Bonchev–Trinajstić information content (AvgIpc) is 2.73. The first-order valence-corrected chi connectivity index (χ1v) is 8.77. The molecule has 1 unspecified atom stereocenters. The van der Waals surface area contributed by atoms with Gasteiger partial charge < -0.3 is 20.1 Å². The molecule has 1 atom stereocenters. The molecule has 3 rings (SSSR count). The van der Waals surface area contributed by atoms with E-state index in [1.165, 1.54) is 7.11 Å². The Labute approximate surface area is 162 Å². The van der Waals surface area contributed by atoms with Crippen LogP contribution in [0.1, 0.15) is 34.5 Å². The van der Waals surface area contributed by atoms with Gasteiger partial charge in [-0.15, -0.1) is 0 Å². The summed E-state index contributed by atoms with van der Waals surface area (Å²) in [6.45, 7) is 1.92. The van der Waals surface area contributed by atoms with Crippen LogP contribution in [0.25, 0.3) is 5.70 Å². The molecule has 7 nitrogen and oxygen atoms in total. The van der Waals surface area contributed by atoms with E-state index in [9.17, 15) is 14.4 Å². The van der Waals surface area contributed by atoms with Gasteiger partial charge in [0, 0.05) is 0 Å². The summed E-state index contributed by atoms with van der Waals surface area (Å²) in [5, 5.41) is 5.47. The summed E-state index contributed by atoms with van der Waals surface area (Å²) in [6.07, 6.45) is 0. The molecular formula is C21H20N2O5. The zero-order chi connectivity index (χ0) is 20.1. The Hall–Kier alpha value is -3.61. The molecule has 2 N–H and O–H groups in total. The lowest BCUT2D eigenvalue weighted by Gasteiger charge is -2.29. The second-order valence-corrected chi connectivity index (χ2v) is 6.02. The number of amides is 2. The second-order valence-electron chi connectivity index (χ2n) is 6.02. The molecule has 0 aromatic heterocycles. The number of ether oxygens (including phenoxy) is 2. The highest BCUT2D eigenvalue weighted by Gasteiger charge is 2.34. The lowest BCUT2D eigenvalue weighted by atomic mass is 9.92. The number of carbonyl (C=O) groups is 3. The van der Waals surface area contributed by atoms with Crippen LogP contribution in [0.4, 0.5) is 4.79 Å². The van der Waals surface area contributed by atoms with Crippen LogP contribution in [-0.2, 0) is 14.3 Å². The molecule has 2 amide bonds. The summed E-state index contributed by atoms with van der Waals surface area (Å²) in [6, 6.07) is 14.4. The molecule has 144 valence electrons. The minimum absolute atomic E-state index is 0.201. The first-order valence-electron chi connectivity index (χ1n) is 8.77. The lowest BCUT2D eigenvalue weighted by molar-refractivity contribution is -0.138. The molecule has 0 saturated heterocycles. The normalized spacial score (nSPS) is 16.1. The van der Waals surface area contributed by atoms with Crippen molar-refractivity contribution in [1.29, 1.82) is 0 Å². The molecule has 1 aliphatic heterocycles. The van der Waals surface area contributed by atoms with Crippen molar-refractivity contribution in [1.82, 2.24) is 10.6 Å². The molecule has 0 spiro atoms. The van der Waals surface area contributed by atoms with Gasteiger partial charge in [-0.2, -0.15) is 0 Å². The second kappa shape index (κ2) is 8.39. The van der Waals surface area contributed by atoms with Gasteiger partial charge in [-0.1, -0.05) is 42.5 Å². The average molecular weight is 380 g/mol. The summed E-state index contributed by atoms with van der Waals surface area (Å²) < 4.78 is 9.94. The molecule has 28 heavy (non-hydrogen) atoms. The van der Waals surface area contributed by atoms with Crippen LogP contribution < -0.4 is 10.6 Å². The number of urea groups is 1. The Bertz CT molecular complexity index is 920. The molecule has 0 aliphatic carbocycles. The quantitative estimate of drug-likeness (QED) is 0.778. The third-order valence-corrected chi connectivity index (χ3v) is 4.29. The van der Waals surface area contributed by atoms with E-state index in [-0.39, 0.29) is 6.61 Å². The number of methoxy groups -OCH3 is 1. The molecule has 2 aromatic carbocycles. The molecule has 0 bridgehead atoms. The number of hydrogen-bond acceptors (Lipinski definition) is 5. The van der Waals surface area contributed by atoms with E-state index in [4.69, 9.17) is 9.47 Å². The summed E-state index contributed by atoms with van der Waals surface area (Å²) in [5.41, 5.74) is 2.38. The van der Waals surface area contributed by atoms with Gasteiger partial charge >= 0.3 is 18.0 Å². The van der Waals surface area contributed by atoms with Crippen LogP contribution in [0.15, 0.2) is 60.2 Å². The first kappa shape index (κ1) is 19.2. The lowest BCUT2D eigenvalue weighted by Crippen LogP contribution is -2.45. The maximum atomic E-state index is 12.7. The number of nitrogens with one attached hydrogen (secondary N) is 2. The van der Waals surface area contributed by atoms with Crippen molar-refractivity contribution in [2.24, 2.45) is 0 Å². The molecule has 7 heteroatoms. The Morgan fingerprint density at radius 2 is 1.68 bits per heavy atom. The van der Waals surface area contributed by atoms with E-state index in [1.807, 2.05) is 18.2 Å². The first-order chi connectivity index (χ1) is 13.5. The van der Waals surface area contributed by atoms with Crippen LogP contribution >= 0.6 is 0 Å². The van der Waals surface area contributed by atoms with Crippen molar-refractivity contribution < 1.29 is 23.9 Å². The maximum Gasteiger partial charge on any atom is 0.338 e. The number of esters is 2. The predicted molar refractivity (Wildman–Crippen MR) is 102 cm³/mol. The highest BCUT2D eigenvalue weighted by atomic mass is 16.5. The summed E-state index contributed by atoms with van der Waals surface area (Å²) in [7, 11) is 1.30. The SMILES string of the molecule is CCOC(=O)C1=C(c2ccccc2)NC(=O)NC1c1ccc(C(=O)OC)cc1. The molecule has 1 heterocycles. The van der Waals surface area contributed by atoms with Gasteiger partial charge in [-0.3, -0.25) is 0 Å². The number of hydrogen-bond donors (Lipinski definition) is 2. The van der Waals surface area contributed by atoms with Gasteiger partial charge in [0.05, 0.1) is 36.6 Å². The number of benzene rings is 2. The van der Waals surface area contributed by atoms with Crippen LogP contribution in [0.3, 0.4) is 0 Å². The topological polar surface area (TPSA) is 93.7 Å². The minimum atomic E-state index is -0.727. The van der Waals surface area contributed by atoms with Crippen LogP contribution in [0.2, 0.25) is 0 Å². The van der Waals surface area contributed by atoms with E-state index in [0.29, 0.717) is 28.0 Å². The fourth-order valence-corrected chi connectivity index (χ4v) is 3.01. The number of carbonyl (C=O) groups excluding carboxylic acids is 3. The minimum Gasteiger partial charge on any atom is -0.465 e. The molecule has 1 aliphatic rings. The largest absolute Gasteiger partial charge is 0.465 e.